The molecular formula is C17H14N4O5S2. The number of para-hydroxylation sites is 1. The highest BCUT2D eigenvalue weighted by atomic mass is 32.2. The molecule has 2 N–H and O–H groups in total. The van der Waals surface area contributed by atoms with Crippen LogP contribution in [0.5, 0.6) is 11.5 Å². The Hall–Kier alpha value is -3.18. The molecule has 0 aliphatic carbocycles. The molecule has 0 saturated heterocycles. The number of nitro benzene ring substituents is 1. The minimum atomic E-state index is -0.734. The van der Waals surface area contributed by atoms with E-state index in [1.54, 1.807) is 0 Å². The number of nitro groups is 1. The van der Waals surface area contributed by atoms with Gasteiger partial charge in [-0.3, -0.25) is 14.9 Å². The molecule has 0 spiro atoms. The van der Waals surface area contributed by atoms with Crippen molar-refractivity contribution in [1.82, 2.24) is 10.4 Å². The number of carbonyl (C=O) groups is 1. The summed E-state index contributed by atoms with van der Waals surface area (Å²) >= 11 is 2.80. The molecule has 0 bridgehead atoms. The van der Waals surface area contributed by atoms with Crippen molar-refractivity contribution in [3.63, 3.8) is 0 Å². The molecule has 0 radical (unpaired) electrons. The maximum Gasteiger partial charge on any atom is 0.315 e. The van der Waals surface area contributed by atoms with E-state index in [-0.39, 0.29) is 17.4 Å². The third kappa shape index (κ3) is 4.56. The van der Waals surface area contributed by atoms with E-state index in [0.717, 1.165) is 20.6 Å². The topological polar surface area (TPSA) is 127 Å². The second-order valence-corrected chi connectivity index (χ2v) is 7.63. The Kier molecular flexibility index (Phi) is 6.06. The number of amides is 1. The van der Waals surface area contributed by atoms with E-state index < -0.39 is 16.4 Å². The monoisotopic (exact) mass is 418 g/mol. The summed E-state index contributed by atoms with van der Waals surface area (Å²) in [6.07, 6.45) is 1.23. The van der Waals surface area contributed by atoms with E-state index in [4.69, 9.17) is 4.74 Å². The number of hydrogen-bond donors (Lipinski definition) is 2. The van der Waals surface area contributed by atoms with Gasteiger partial charge in [0, 0.05) is 11.6 Å². The van der Waals surface area contributed by atoms with Crippen molar-refractivity contribution >= 4 is 51.1 Å². The number of fused-ring (bicyclic) bond motifs is 1. The van der Waals surface area contributed by atoms with Crippen LogP contribution in [0.1, 0.15) is 5.56 Å². The Morgan fingerprint density at radius 3 is 2.96 bits per heavy atom. The van der Waals surface area contributed by atoms with E-state index in [1.165, 1.54) is 42.5 Å². The number of aromatic nitrogens is 1. The first-order valence-corrected chi connectivity index (χ1v) is 9.64. The third-order valence-electron chi connectivity index (χ3n) is 3.50. The standard InChI is InChI=1S/C17H14N4O5S2/c1-26-13-7-10(6-12(16(13)23)21(24)25)8-18-20-15(22)9-27-17-19-11-4-2-3-5-14(11)28-17/h2-8,23H,9H2,1H3,(H,20,22). The summed E-state index contributed by atoms with van der Waals surface area (Å²) in [5.74, 6) is -0.856. The molecule has 1 aromatic heterocycles. The summed E-state index contributed by atoms with van der Waals surface area (Å²) in [4.78, 5) is 26.6. The Morgan fingerprint density at radius 2 is 2.25 bits per heavy atom. The van der Waals surface area contributed by atoms with Crippen LogP contribution in [-0.4, -0.2) is 40.0 Å². The summed E-state index contributed by atoms with van der Waals surface area (Å²) in [7, 11) is 1.28. The lowest BCUT2D eigenvalue weighted by atomic mass is 10.2. The number of ether oxygens (including phenoxy) is 1. The molecule has 9 nitrogen and oxygen atoms in total. The van der Waals surface area contributed by atoms with Crippen LogP contribution in [0, 0.1) is 10.1 Å². The second kappa shape index (κ2) is 8.67. The van der Waals surface area contributed by atoms with Crippen LogP contribution < -0.4 is 10.2 Å². The Bertz CT molecular complexity index is 1030. The maximum absolute atomic E-state index is 11.9. The van der Waals surface area contributed by atoms with Gasteiger partial charge < -0.3 is 9.84 Å². The number of rotatable bonds is 7. The molecule has 0 saturated carbocycles. The second-order valence-electron chi connectivity index (χ2n) is 5.38. The summed E-state index contributed by atoms with van der Waals surface area (Å²) in [6, 6.07) is 10.2. The summed E-state index contributed by atoms with van der Waals surface area (Å²) in [5, 5.41) is 24.5. The van der Waals surface area contributed by atoms with E-state index in [1.807, 2.05) is 24.3 Å². The molecule has 3 aromatic rings. The van der Waals surface area contributed by atoms with Crippen LogP contribution in [0.4, 0.5) is 5.69 Å². The molecule has 0 atom stereocenters. The molecule has 3 rings (SSSR count). The largest absolute Gasteiger partial charge is 0.500 e. The van der Waals surface area contributed by atoms with Gasteiger partial charge in [0.15, 0.2) is 10.1 Å². The average molecular weight is 418 g/mol. The molecule has 28 heavy (non-hydrogen) atoms. The fraction of sp³-hybridized carbons (Fsp3) is 0.118. The molecule has 0 fully saturated rings. The van der Waals surface area contributed by atoms with Crippen molar-refractivity contribution in [3.05, 3.63) is 52.1 Å². The lowest BCUT2D eigenvalue weighted by molar-refractivity contribution is -0.386. The van der Waals surface area contributed by atoms with Gasteiger partial charge in [-0.05, 0) is 18.2 Å². The zero-order valence-electron chi connectivity index (χ0n) is 14.5. The first-order valence-electron chi connectivity index (χ1n) is 7.83. The number of nitrogens with one attached hydrogen (secondary N) is 1. The van der Waals surface area contributed by atoms with Crippen molar-refractivity contribution in [3.8, 4) is 11.5 Å². The number of benzene rings is 2. The molecular weight excluding hydrogens is 404 g/mol. The fourth-order valence-electron chi connectivity index (χ4n) is 2.23. The molecule has 2 aromatic carbocycles. The van der Waals surface area contributed by atoms with Gasteiger partial charge in [-0.2, -0.15) is 5.10 Å². The smallest absolute Gasteiger partial charge is 0.315 e. The third-order valence-corrected chi connectivity index (χ3v) is 5.68. The predicted octanol–water partition coefficient (Wildman–Crippen LogP) is 3.16. The molecule has 144 valence electrons. The van der Waals surface area contributed by atoms with Crippen LogP contribution in [0.25, 0.3) is 10.2 Å². The number of phenolic OH excluding ortho intramolecular Hbond substituents is 1. The van der Waals surface area contributed by atoms with E-state index in [2.05, 4.69) is 15.5 Å². The number of thioether (sulfide) groups is 1. The molecule has 1 heterocycles. The van der Waals surface area contributed by atoms with Gasteiger partial charge in [0.1, 0.15) is 0 Å². The van der Waals surface area contributed by atoms with Crippen LogP contribution in [0.3, 0.4) is 0 Å². The molecule has 11 heteroatoms. The highest BCUT2D eigenvalue weighted by Crippen LogP contribution is 2.36. The SMILES string of the molecule is COc1cc(C=NNC(=O)CSc2nc3ccccc3s2)cc([N+](=O)[O-])c1O. The lowest BCUT2D eigenvalue weighted by Crippen LogP contribution is -2.19. The number of thiazole rings is 1. The van der Waals surface area contributed by atoms with Crippen molar-refractivity contribution in [2.45, 2.75) is 4.34 Å². The van der Waals surface area contributed by atoms with Gasteiger partial charge in [0.25, 0.3) is 5.91 Å². The number of phenols is 1. The highest BCUT2D eigenvalue weighted by molar-refractivity contribution is 8.01. The van der Waals surface area contributed by atoms with Gasteiger partial charge in [-0.1, -0.05) is 23.9 Å². The Labute approximate surface area is 167 Å². The number of carbonyl (C=O) groups excluding carboxylic acids is 1. The number of nitrogens with zero attached hydrogens (tertiary/aromatic N) is 3. The summed E-state index contributed by atoms with van der Waals surface area (Å²) in [6.45, 7) is 0. The van der Waals surface area contributed by atoms with Crippen LogP contribution in [-0.2, 0) is 4.79 Å². The molecule has 0 unspecified atom stereocenters. The molecule has 0 aliphatic rings. The van der Waals surface area contributed by atoms with Gasteiger partial charge in [0.05, 0.1) is 34.2 Å². The quantitative estimate of drug-likeness (QED) is 0.261. The zero-order chi connectivity index (χ0) is 20.1. The number of methoxy groups -OCH3 is 1. The van der Waals surface area contributed by atoms with Crippen molar-refractivity contribution in [2.75, 3.05) is 12.9 Å². The average Bonchev–Trinajstić information content (AvgIpc) is 3.10. The van der Waals surface area contributed by atoms with E-state index in [9.17, 15) is 20.0 Å². The summed E-state index contributed by atoms with van der Waals surface area (Å²) in [5.41, 5.74) is 3.01. The minimum Gasteiger partial charge on any atom is -0.500 e. The first kappa shape index (κ1) is 19.6. The highest BCUT2D eigenvalue weighted by Gasteiger charge is 2.19. The zero-order valence-corrected chi connectivity index (χ0v) is 16.1. The molecule has 0 aliphatic heterocycles. The number of aromatic hydroxyl groups is 1. The Balaban J connectivity index is 1.60. The van der Waals surface area contributed by atoms with Crippen LogP contribution >= 0.6 is 23.1 Å². The van der Waals surface area contributed by atoms with Crippen molar-refractivity contribution < 1.29 is 19.6 Å². The lowest BCUT2D eigenvalue weighted by Gasteiger charge is -2.05. The maximum atomic E-state index is 11.9. The van der Waals surface area contributed by atoms with E-state index in [0.29, 0.717) is 5.56 Å². The minimum absolute atomic E-state index is 0.0617. The van der Waals surface area contributed by atoms with Gasteiger partial charge in [-0.15, -0.1) is 11.3 Å². The molecule has 1 amide bonds. The first-order chi connectivity index (χ1) is 13.5. The number of hydrogen-bond acceptors (Lipinski definition) is 9. The summed E-state index contributed by atoms with van der Waals surface area (Å²) < 4.78 is 6.73. The predicted molar refractivity (Wildman–Crippen MR) is 107 cm³/mol. The van der Waals surface area contributed by atoms with Gasteiger partial charge >= 0.3 is 5.69 Å². The van der Waals surface area contributed by atoms with Gasteiger partial charge in [0.2, 0.25) is 5.75 Å². The Morgan fingerprint density at radius 1 is 1.46 bits per heavy atom. The van der Waals surface area contributed by atoms with Gasteiger partial charge in [-0.25, -0.2) is 10.4 Å². The van der Waals surface area contributed by atoms with Crippen molar-refractivity contribution in [2.24, 2.45) is 5.10 Å². The normalized spacial score (nSPS) is 11.0. The van der Waals surface area contributed by atoms with Crippen LogP contribution in [0.15, 0.2) is 45.8 Å². The number of hydrazone groups is 1. The van der Waals surface area contributed by atoms with Crippen molar-refractivity contribution in [1.29, 1.82) is 0 Å². The fourth-order valence-corrected chi connectivity index (χ4v) is 4.10. The van der Waals surface area contributed by atoms with E-state index >= 15 is 0 Å². The van der Waals surface area contributed by atoms with Crippen LogP contribution in [0.2, 0.25) is 0 Å².